The molecule has 15 heavy (non-hydrogen) atoms. The summed E-state index contributed by atoms with van der Waals surface area (Å²) in [6.07, 6.45) is 6.96. The molecule has 0 aromatic carbocycles. The lowest BCUT2D eigenvalue weighted by atomic mass is 10.4. The lowest BCUT2D eigenvalue weighted by Gasteiger charge is -1.91. The van der Waals surface area contributed by atoms with E-state index in [1.54, 1.807) is 24.5 Å². The van der Waals surface area contributed by atoms with Crippen molar-refractivity contribution in [1.82, 2.24) is 15.0 Å². The summed E-state index contributed by atoms with van der Waals surface area (Å²) in [6, 6.07) is 1.75. The maximum absolute atomic E-state index is 5.35. The molecular formula is C10H8BrN3O. The molecule has 0 aliphatic rings. The van der Waals surface area contributed by atoms with Gasteiger partial charge in [-0.05, 0) is 35.0 Å². The minimum absolute atomic E-state index is 0.534. The van der Waals surface area contributed by atoms with Crippen LogP contribution >= 0.6 is 15.9 Å². The topological polar surface area (TPSA) is 51.8 Å². The van der Waals surface area contributed by atoms with E-state index in [0.29, 0.717) is 22.1 Å². The zero-order valence-corrected chi connectivity index (χ0v) is 9.60. The van der Waals surface area contributed by atoms with Gasteiger partial charge in [-0.3, -0.25) is 0 Å². The first-order valence-electron chi connectivity index (χ1n) is 4.37. The van der Waals surface area contributed by atoms with Gasteiger partial charge in [0.25, 0.3) is 0 Å². The molecule has 0 unspecified atom stereocenters. The molecule has 0 N–H and O–H groups in total. The minimum Gasteiger partial charge on any atom is -0.429 e. The lowest BCUT2D eigenvalue weighted by Crippen LogP contribution is -1.87. The molecule has 0 bridgehead atoms. The van der Waals surface area contributed by atoms with Gasteiger partial charge in [-0.15, -0.1) is 0 Å². The molecule has 0 fully saturated rings. The van der Waals surface area contributed by atoms with E-state index < -0.39 is 0 Å². The van der Waals surface area contributed by atoms with Crippen LogP contribution in [0.25, 0.3) is 17.6 Å². The van der Waals surface area contributed by atoms with Gasteiger partial charge in [-0.25, -0.2) is 15.0 Å². The average molecular weight is 266 g/mol. The quantitative estimate of drug-likeness (QED) is 0.838. The molecule has 2 heterocycles. The first-order valence-corrected chi connectivity index (χ1v) is 5.17. The summed E-state index contributed by atoms with van der Waals surface area (Å²) in [5.41, 5.74) is 0.615. The van der Waals surface area contributed by atoms with Gasteiger partial charge < -0.3 is 4.42 Å². The Bertz CT molecular complexity index is 479. The Labute approximate surface area is 95.2 Å². The Kier molecular flexibility index (Phi) is 2.91. The number of rotatable bonds is 2. The van der Waals surface area contributed by atoms with E-state index >= 15 is 0 Å². The third-order valence-electron chi connectivity index (χ3n) is 1.69. The van der Waals surface area contributed by atoms with Crippen molar-refractivity contribution in [1.29, 1.82) is 0 Å². The van der Waals surface area contributed by atoms with Gasteiger partial charge in [0.1, 0.15) is 0 Å². The normalized spacial score (nSPS) is 11.1. The molecule has 0 amide bonds. The van der Waals surface area contributed by atoms with Gasteiger partial charge in [0.15, 0.2) is 11.5 Å². The molecule has 2 rings (SSSR count). The van der Waals surface area contributed by atoms with Crippen molar-refractivity contribution in [2.75, 3.05) is 0 Å². The number of aromatic nitrogens is 3. The van der Waals surface area contributed by atoms with Crippen molar-refractivity contribution in [3.63, 3.8) is 0 Å². The molecule has 0 saturated heterocycles. The van der Waals surface area contributed by atoms with Crippen LogP contribution in [0.1, 0.15) is 12.8 Å². The molecule has 5 heteroatoms. The standard InChI is InChI=1S/C10H8BrN3O/c1-2-4-7-14-8(9(11)15-7)10-12-5-3-6-13-10/h2-6H,1H3/b4-2+. The Balaban J connectivity index is 2.45. The van der Waals surface area contributed by atoms with Crippen LogP contribution in [0.4, 0.5) is 0 Å². The zero-order valence-electron chi connectivity index (χ0n) is 8.01. The van der Waals surface area contributed by atoms with Crippen molar-refractivity contribution in [3.05, 3.63) is 35.1 Å². The average Bonchev–Trinajstić information content (AvgIpc) is 2.61. The minimum atomic E-state index is 0.534. The third-order valence-corrected chi connectivity index (χ3v) is 2.23. The fourth-order valence-corrected chi connectivity index (χ4v) is 1.52. The number of hydrogen-bond acceptors (Lipinski definition) is 4. The molecule has 4 nitrogen and oxygen atoms in total. The highest BCUT2D eigenvalue weighted by Crippen LogP contribution is 2.25. The van der Waals surface area contributed by atoms with Crippen LogP contribution in [0.2, 0.25) is 0 Å². The summed E-state index contributed by atoms with van der Waals surface area (Å²) >= 11 is 3.28. The van der Waals surface area contributed by atoms with Gasteiger partial charge in [-0.2, -0.15) is 0 Å². The molecule has 0 atom stereocenters. The second kappa shape index (κ2) is 4.35. The zero-order chi connectivity index (χ0) is 10.7. The number of nitrogens with zero attached hydrogens (tertiary/aromatic N) is 3. The second-order valence-corrected chi connectivity index (χ2v) is 3.47. The van der Waals surface area contributed by atoms with Crippen molar-refractivity contribution in [2.24, 2.45) is 0 Å². The molecule has 2 aromatic heterocycles. The first-order chi connectivity index (χ1) is 7.31. The highest BCUT2D eigenvalue weighted by Gasteiger charge is 2.12. The highest BCUT2D eigenvalue weighted by molar-refractivity contribution is 9.10. The summed E-state index contributed by atoms with van der Waals surface area (Å²) in [6.45, 7) is 1.90. The molecule has 0 spiro atoms. The van der Waals surface area contributed by atoms with Crippen molar-refractivity contribution in [2.45, 2.75) is 6.92 Å². The molecule has 0 saturated carbocycles. The van der Waals surface area contributed by atoms with Gasteiger partial charge in [-0.1, -0.05) is 6.08 Å². The third kappa shape index (κ3) is 2.12. The Hall–Kier alpha value is -1.49. The van der Waals surface area contributed by atoms with Crippen molar-refractivity contribution >= 4 is 22.0 Å². The Morgan fingerprint density at radius 1 is 1.33 bits per heavy atom. The lowest BCUT2D eigenvalue weighted by molar-refractivity contribution is 0.523. The molecule has 0 radical (unpaired) electrons. The van der Waals surface area contributed by atoms with Crippen LogP contribution in [0.5, 0.6) is 0 Å². The maximum Gasteiger partial charge on any atom is 0.220 e. The maximum atomic E-state index is 5.35. The largest absolute Gasteiger partial charge is 0.429 e. The predicted molar refractivity (Wildman–Crippen MR) is 59.9 cm³/mol. The van der Waals surface area contributed by atoms with E-state index in [2.05, 4.69) is 30.9 Å². The van der Waals surface area contributed by atoms with Crippen LogP contribution in [-0.4, -0.2) is 15.0 Å². The smallest absolute Gasteiger partial charge is 0.220 e. The summed E-state index contributed by atoms with van der Waals surface area (Å²) in [5.74, 6) is 1.08. The number of allylic oxidation sites excluding steroid dienone is 1. The van der Waals surface area contributed by atoms with Gasteiger partial charge in [0.05, 0.1) is 0 Å². The Morgan fingerprint density at radius 3 is 2.73 bits per heavy atom. The van der Waals surface area contributed by atoms with E-state index in [1.165, 1.54) is 0 Å². The molecular weight excluding hydrogens is 258 g/mol. The second-order valence-electron chi connectivity index (χ2n) is 2.75. The predicted octanol–water partition coefficient (Wildman–Crippen LogP) is 2.93. The number of hydrogen-bond donors (Lipinski definition) is 0. The monoisotopic (exact) mass is 265 g/mol. The van der Waals surface area contributed by atoms with Gasteiger partial charge in [0, 0.05) is 12.4 Å². The first kappa shape index (κ1) is 10.0. The van der Waals surface area contributed by atoms with E-state index in [9.17, 15) is 0 Å². The number of oxazole rings is 1. The summed E-state index contributed by atoms with van der Waals surface area (Å²) in [5, 5.41) is 0. The molecule has 0 aliphatic carbocycles. The van der Waals surface area contributed by atoms with Crippen molar-refractivity contribution < 1.29 is 4.42 Å². The highest BCUT2D eigenvalue weighted by atomic mass is 79.9. The van der Waals surface area contributed by atoms with Gasteiger partial charge in [0.2, 0.25) is 10.6 Å². The fourth-order valence-electron chi connectivity index (χ4n) is 1.09. The van der Waals surface area contributed by atoms with E-state index in [-0.39, 0.29) is 0 Å². The summed E-state index contributed by atoms with van der Waals surface area (Å²) in [4.78, 5) is 12.4. The van der Waals surface area contributed by atoms with Crippen LogP contribution in [0, 0.1) is 0 Å². The Morgan fingerprint density at radius 2 is 2.07 bits per heavy atom. The van der Waals surface area contributed by atoms with Crippen LogP contribution in [0.3, 0.4) is 0 Å². The van der Waals surface area contributed by atoms with E-state index in [1.807, 2.05) is 13.0 Å². The fraction of sp³-hybridized carbons (Fsp3) is 0.100. The van der Waals surface area contributed by atoms with E-state index in [0.717, 1.165) is 0 Å². The number of halogens is 1. The summed E-state index contributed by atoms with van der Waals surface area (Å²) in [7, 11) is 0. The van der Waals surface area contributed by atoms with Crippen LogP contribution < -0.4 is 0 Å². The molecule has 2 aromatic rings. The van der Waals surface area contributed by atoms with E-state index in [4.69, 9.17) is 4.42 Å². The molecule has 76 valence electrons. The molecule has 0 aliphatic heterocycles. The SMILES string of the molecule is C/C=C/c1nc(-c2ncccn2)c(Br)o1. The van der Waals surface area contributed by atoms with Crippen LogP contribution in [-0.2, 0) is 0 Å². The summed E-state index contributed by atoms with van der Waals surface area (Å²) < 4.78 is 5.89. The van der Waals surface area contributed by atoms with Gasteiger partial charge >= 0.3 is 0 Å². The van der Waals surface area contributed by atoms with Crippen LogP contribution in [0.15, 0.2) is 33.6 Å². The van der Waals surface area contributed by atoms with Crippen molar-refractivity contribution in [3.8, 4) is 11.5 Å².